The number of rotatable bonds is 13. The van der Waals surface area contributed by atoms with Gasteiger partial charge in [-0.2, -0.15) is 0 Å². The van der Waals surface area contributed by atoms with Crippen molar-refractivity contribution in [1.82, 2.24) is 0 Å². The molecule has 0 radical (unpaired) electrons. The van der Waals surface area contributed by atoms with Crippen LogP contribution in [0.2, 0.25) is 0 Å². The summed E-state index contributed by atoms with van der Waals surface area (Å²) in [6, 6.07) is 10.5. The van der Waals surface area contributed by atoms with E-state index in [1.54, 1.807) is 25.3 Å². The minimum absolute atomic E-state index is 0.269. The third-order valence-corrected chi connectivity index (χ3v) is 6.98. The summed E-state index contributed by atoms with van der Waals surface area (Å²) in [5.74, 6) is 0.923. The van der Waals surface area contributed by atoms with Gasteiger partial charge in [-0.1, -0.05) is 37.1 Å². The number of benzene rings is 2. The first-order chi connectivity index (χ1) is 17.7. The van der Waals surface area contributed by atoms with Crippen LogP contribution < -0.4 is 20.1 Å². The Bertz CT molecular complexity index is 1150. The molecule has 0 aliphatic carbocycles. The lowest BCUT2D eigenvalue weighted by Gasteiger charge is -2.34. The topological polar surface area (TPSA) is 123 Å². The van der Waals surface area contributed by atoms with E-state index in [0.29, 0.717) is 59.0 Å². The second-order valence-corrected chi connectivity index (χ2v) is 9.20. The number of amides is 1. The second kappa shape index (κ2) is 13.5. The van der Waals surface area contributed by atoms with Crippen LogP contribution in [0.4, 0.5) is 5.69 Å². The van der Waals surface area contributed by atoms with Gasteiger partial charge in [0.1, 0.15) is 11.5 Å². The van der Waals surface area contributed by atoms with E-state index in [1.807, 2.05) is 39.0 Å². The lowest BCUT2D eigenvalue weighted by molar-refractivity contribution is -0.124. The molecule has 37 heavy (non-hydrogen) atoms. The minimum Gasteiger partial charge on any atom is -0.772 e. The standard InChI is InChI=1S/C27H38N2O7S/c1-8-27(28,9-2)26(30)29(10-3)21-15-18(17-37(31)32)20(16-23(21)34-5)25(36-7)24(35-6)19-13-11-12-14-22(19)33-4/h11-16H,8-10,17,28H2,1-7H3,(H,31,32)/p-1. The van der Waals surface area contributed by atoms with E-state index in [-0.39, 0.29) is 17.4 Å². The van der Waals surface area contributed by atoms with Crippen molar-refractivity contribution in [3.8, 4) is 11.5 Å². The van der Waals surface area contributed by atoms with Crippen molar-refractivity contribution in [2.75, 3.05) is 39.9 Å². The zero-order valence-electron chi connectivity index (χ0n) is 22.6. The molecule has 0 aliphatic heterocycles. The number of anilines is 1. The molecule has 1 unspecified atom stereocenters. The molecule has 2 N–H and O–H groups in total. The first kappa shape index (κ1) is 30.1. The summed E-state index contributed by atoms with van der Waals surface area (Å²) in [6.07, 6.45) is 0.896. The highest BCUT2D eigenvalue weighted by atomic mass is 32.2. The number of carbonyl (C=O) groups is 1. The van der Waals surface area contributed by atoms with Crippen molar-refractivity contribution in [1.29, 1.82) is 0 Å². The zero-order chi connectivity index (χ0) is 27.8. The number of likely N-dealkylation sites (N-methyl/N-ethyl adjacent to an activating group) is 1. The van der Waals surface area contributed by atoms with Gasteiger partial charge in [0.2, 0.25) is 5.91 Å². The molecule has 0 heterocycles. The number of hydrogen-bond donors (Lipinski definition) is 1. The monoisotopic (exact) mass is 533 g/mol. The Labute approximate surface area is 221 Å². The van der Waals surface area contributed by atoms with Crippen molar-refractivity contribution < 1.29 is 32.5 Å². The predicted octanol–water partition coefficient (Wildman–Crippen LogP) is 4.07. The van der Waals surface area contributed by atoms with Crippen LogP contribution in [0.25, 0.3) is 11.5 Å². The van der Waals surface area contributed by atoms with Gasteiger partial charge >= 0.3 is 0 Å². The fourth-order valence-electron chi connectivity index (χ4n) is 4.17. The number of hydrogen-bond acceptors (Lipinski definition) is 8. The molecule has 10 heteroatoms. The van der Waals surface area contributed by atoms with Gasteiger partial charge in [-0.25, -0.2) is 0 Å². The molecular weight excluding hydrogens is 496 g/mol. The summed E-state index contributed by atoms with van der Waals surface area (Å²) in [7, 11) is 5.99. The highest BCUT2D eigenvalue weighted by Crippen LogP contribution is 2.40. The van der Waals surface area contributed by atoms with E-state index in [0.717, 1.165) is 0 Å². The fraction of sp³-hybridized carbons (Fsp3) is 0.444. The number of methoxy groups -OCH3 is 4. The van der Waals surface area contributed by atoms with Gasteiger partial charge in [0.05, 0.1) is 45.2 Å². The predicted molar refractivity (Wildman–Crippen MR) is 145 cm³/mol. The van der Waals surface area contributed by atoms with Crippen molar-refractivity contribution in [3.05, 3.63) is 53.1 Å². The van der Waals surface area contributed by atoms with Gasteiger partial charge in [0.25, 0.3) is 0 Å². The van der Waals surface area contributed by atoms with Gasteiger partial charge in [-0.15, -0.1) is 0 Å². The molecule has 1 atom stereocenters. The largest absolute Gasteiger partial charge is 0.772 e. The second-order valence-electron chi connectivity index (χ2n) is 8.31. The molecule has 0 spiro atoms. The van der Waals surface area contributed by atoms with Crippen LogP contribution in [0.15, 0.2) is 36.4 Å². The Morgan fingerprint density at radius 2 is 1.51 bits per heavy atom. The average molecular weight is 534 g/mol. The lowest BCUT2D eigenvalue weighted by Crippen LogP contribution is -2.55. The summed E-state index contributed by atoms with van der Waals surface area (Å²) >= 11 is -2.44. The van der Waals surface area contributed by atoms with Crippen molar-refractivity contribution >= 4 is 34.2 Å². The van der Waals surface area contributed by atoms with Crippen LogP contribution in [0.1, 0.15) is 50.3 Å². The number of nitrogens with zero attached hydrogens (tertiary/aromatic N) is 1. The molecule has 2 rings (SSSR count). The van der Waals surface area contributed by atoms with Crippen LogP contribution >= 0.6 is 0 Å². The highest BCUT2D eigenvalue weighted by molar-refractivity contribution is 7.78. The van der Waals surface area contributed by atoms with Crippen LogP contribution in [0.3, 0.4) is 0 Å². The van der Waals surface area contributed by atoms with Crippen LogP contribution in [0, 0.1) is 0 Å². The maximum atomic E-state index is 13.5. The van der Waals surface area contributed by atoms with Gasteiger partial charge in [-0.05, 0) is 49.6 Å². The Kier molecular flexibility index (Phi) is 11.0. The Hall–Kier alpha value is -3.08. The molecule has 0 aliphatic rings. The quantitative estimate of drug-likeness (QED) is 0.232. The number of para-hydroxylation sites is 1. The van der Waals surface area contributed by atoms with Crippen LogP contribution in [0.5, 0.6) is 11.5 Å². The number of ether oxygens (including phenoxy) is 4. The fourth-order valence-corrected chi connectivity index (χ4v) is 4.66. The van der Waals surface area contributed by atoms with E-state index >= 15 is 0 Å². The first-order valence-corrected chi connectivity index (χ1v) is 13.2. The molecule has 0 bridgehead atoms. The summed E-state index contributed by atoms with van der Waals surface area (Å²) in [4.78, 5) is 15.0. The summed E-state index contributed by atoms with van der Waals surface area (Å²) in [5, 5.41) is 0. The molecule has 2 aromatic rings. The molecule has 0 saturated carbocycles. The SMILES string of the molecule is CCN(C(=O)C(N)(CC)CC)c1cc(CS(=O)[O-])c(C(OC)=C(OC)c2ccccc2OC)cc1OC. The normalized spacial score (nSPS) is 12.9. The maximum Gasteiger partial charge on any atom is 0.247 e. The van der Waals surface area contributed by atoms with Crippen LogP contribution in [-0.4, -0.2) is 55.2 Å². The summed E-state index contributed by atoms with van der Waals surface area (Å²) in [6.45, 7) is 5.86. The van der Waals surface area contributed by atoms with Crippen molar-refractivity contribution in [3.63, 3.8) is 0 Å². The van der Waals surface area contributed by atoms with Gasteiger partial charge in [0.15, 0.2) is 11.5 Å². The molecule has 9 nitrogen and oxygen atoms in total. The van der Waals surface area contributed by atoms with E-state index in [4.69, 9.17) is 24.7 Å². The smallest absolute Gasteiger partial charge is 0.247 e. The Balaban J connectivity index is 2.89. The van der Waals surface area contributed by atoms with E-state index in [1.165, 1.54) is 26.2 Å². The van der Waals surface area contributed by atoms with Crippen molar-refractivity contribution in [2.45, 2.75) is 44.9 Å². The third-order valence-electron chi connectivity index (χ3n) is 6.43. The molecule has 0 aromatic heterocycles. The number of nitrogens with two attached hydrogens (primary N) is 1. The van der Waals surface area contributed by atoms with E-state index < -0.39 is 16.6 Å². The summed E-state index contributed by atoms with van der Waals surface area (Å²) in [5.41, 5.74) is 7.23. The van der Waals surface area contributed by atoms with Gasteiger partial charge < -0.3 is 34.1 Å². The Morgan fingerprint density at radius 1 is 0.946 bits per heavy atom. The minimum atomic E-state index is -2.44. The van der Waals surface area contributed by atoms with Gasteiger partial charge in [0, 0.05) is 17.9 Å². The van der Waals surface area contributed by atoms with E-state index in [2.05, 4.69) is 0 Å². The number of carbonyl (C=O) groups excluding carboxylic acids is 1. The average Bonchev–Trinajstić information content (AvgIpc) is 2.91. The lowest BCUT2D eigenvalue weighted by atomic mass is 9.91. The first-order valence-electron chi connectivity index (χ1n) is 12.0. The van der Waals surface area contributed by atoms with Crippen LogP contribution in [-0.2, 0) is 31.1 Å². The highest BCUT2D eigenvalue weighted by Gasteiger charge is 2.35. The van der Waals surface area contributed by atoms with E-state index in [9.17, 15) is 13.6 Å². The zero-order valence-corrected chi connectivity index (χ0v) is 23.4. The molecular formula is C27H37N2O7S-. The summed E-state index contributed by atoms with van der Waals surface area (Å²) < 4.78 is 46.5. The van der Waals surface area contributed by atoms with Crippen molar-refractivity contribution in [2.24, 2.45) is 5.73 Å². The Morgan fingerprint density at radius 3 is 2.00 bits per heavy atom. The molecule has 0 saturated heterocycles. The van der Waals surface area contributed by atoms with Gasteiger partial charge in [-0.3, -0.25) is 9.00 Å². The molecule has 1 amide bonds. The molecule has 2 aromatic carbocycles. The third kappa shape index (κ3) is 6.44. The molecule has 0 fully saturated rings. The maximum absolute atomic E-state index is 13.5. The molecule has 204 valence electrons.